The molecule has 3 fully saturated rings. The molecule has 0 bridgehead atoms. The monoisotopic (exact) mass is 592 g/mol. The maximum atomic E-state index is 14.7. The Hall–Kier alpha value is -3.78. The summed E-state index contributed by atoms with van der Waals surface area (Å²) in [5.74, 6) is -0.606. The lowest BCUT2D eigenvalue weighted by Crippen LogP contribution is -2.44. The average molecular weight is 593 g/mol. The number of hydrogen-bond donors (Lipinski definition) is 1. The van der Waals surface area contributed by atoms with Crippen molar-refractivity contribution in [3.05, 3.63) is 66.2 Å². The number of carbonyl (C=O) groups is 1. The predicted molar refractivity (Wildman–Crippen MR) is 158 cm³/mol. The Morgan fingerprint density at radius 3 is 2.38 bits per heavy atom. The van der Waals surface area contributed by atoms with Crippen molar-refractivity contribution in [1.29, 1.82) is 5.26 Å². The van der Waals surface area contributed by atoms with Crippen molar-refractivity contribution in [3.63, 3.8) is 0 Å². The number of amides is 1. The van der Waals surface area contributed by atoms with E-state index in [4.69, 9.17) is 5.10 Å². The van der Waals surface area contributed by atoms with Crippen molar-refractivity contribution in [3.8, 4) is 22.9 Å². The number of nitrogens with one attached hydrogen (secondary N) is 1. The van der Waals surface area contributed by atoms with Gasteiger partial charge in [0.2, 0.25) is 5.91 Å². The SMILES string of the molecule is CN=S1(=O)CCN(c2ccc(-c3cn(-c4ccc(F)cc4)nc3[C@@H]3CC[C@H](F)C[C@H]3C(=O)NC3(C#N)CC3)cc2)CC1. The van der Waals surface area contributed by atoms with E-state index in [1.807, 2.05) is 30.5 Å². The third kappa shape index (κ3) is 5.64. The molecule has 3 aromatic rings. The summed E-state index contributed by atoms with van der Waals surface area (Å²) in [4.78, 5) is 15.7. The molecule has 0 unspecified atom stereocenters. The van der Waals surface area contributed by atoms with Gasteiger partial charge in [-0.2, -0.15) is 10.4 Å². The lowest BCUT2D eigenvalue weighted by atomic mass is 9.74. The molecule has 1 amide bonds. The first-order valence-electron chi connectivity index (χ1n) is 14.4. The second-order valence-corrected chi connectivity index (χ2v) is 14.3. The number of halogens is 2. The lowest BCUT2D eigenvalue weighted by molar-refractivity contribution is -0.128. The second kappa shape index (κ2) is 11.1. The van der Waals surface area contributed by atoms with Crippen molar-refractivity contribution < 1.29 is 17.8 Å². The summed E-state index contributed by atoms with van der Waals surface area (Å²) in [5, 5.41) is 17.3. The summed E-state index contributed by atoms with van der Waals surface area (Å²) in [6.45, 7) is 1.33. The highest BCUT2D eigenvalue weighted by Gasteiger charge is 2.48. The van der Waals surface area contributed by atoms with Gasteiger partial charge < -0.3 is 10.2 Å². The molecule has 1 aromatic heterocycles. The molecule has 8 nitrogen and oxygen atoms in total. The molecule has 42 heavy (non-hydrogen) atoms. The van der Waals surface area contributed by atoms with Crippen LogP contribution in [-0.2, 0) is 14.5 Å². The van der Waals surface area contributed by atoms with Crippen LogP contribution in [0.25, 0.3) is 16.8 Å². The number of anilines is 1. The number of nitrogens with zero attached hydrogens (tertiary/aromatic N) is 5. The topological polar surface area (TPSA) is 103 Å². The highest BCUT2D eigenvalue weighted by atomic mass is 32.2. The summed E-state index contributed by atoms with van der Waals surface area (Å²) >= 11 is 0. The summed E-state index contributed by atoms with van der Waals surface area (Å²) in [5.41, 5.74) is 3.24. The zero-order valence-electron chi connectivity index (χ0n) is 23.5. The number of nitriles is 1. The zero-order valence-corrected chi connectivity index (χ0v) is 24.3. The number of alkyl halides is 1. The minimum Gasteiger partial charge on any atom is -0.370 e. The van der Waals surface area contributed by atoms with Gasteiger partial charge in [-0.1, -0.05) is 12.1 Å². The predicted octanol–water partition coefficient (Wildman–Crippen LogP) is 4.99. The lowest BCUT2D eigenvalue weighted by Gasteiger charge is -2.32. The largest absolute Gasteiger partial charge is 0.370 e. The Kier molecular flexibility index (Phi) is 7.51. The number of rotatable bonds is 6. The standard InChI is InChI=1S/C31H34F2N6O2S/c1-35-42(41)16-14-38(15-17-42)24-7-2-21(3-8-24)28-19-39(25-9-4-22(32)5-10-25)37-29(28)26-11-6-23(33)18-27(26)30(40)36-31(20-34)12-13-31/h2-5,7-10,19,23,26-27H,6,11-18H2,1H3,(H,36,40)/t23-,26+,27+/m0/s1. The molecular formula is C31H34F2N6O2S. The van der Waals surface area contributed by atoms with Crippen LogP contribution in [0.2, 0.25) is 0 Å². The van der Waals surface area contributed by atoms with Gasteiger partial charge in [-0.25, -0.2) is 22.0 Å². The number of benzene rings is 2. The molecule has 0 radical (unpaired) electrons. The molecule has 11 heteroatoms. The van der Waals surface area contributed by atoms with Gasteiger partial charge in [-0.15, -0.1) is 0 Å². The van der Waals surface area contributed by atoms with Crippen LogP contribution in [0.4, 0.5) is 14.5 Å². The third-order valence-electron chi connectivity index (χ3n) is 8.87. The van der Waals surface area contributed by atoms with Gasteiger partial charge >= 0.3 is 0 Å². The molecule has 2 aromatic carbocycles. The molecule has 0 spiro atoms. The molecule has 220 valence electrons. The molecule has 1 saturated heterocycles. The van der Waals surface area contributed by atoms with Crippen LogP contribution < -0.4 is 10.2 Å². The smallest absolute Gasteiger partial charge is 0.225 e. The van der Waals surface area contributed by atoms with Crippen LogP contribution in [0.1, 0.15) is 43.7 Å². The van der Waals surface area contributed by atoms with E-state index < -0.39 is 27.4 Å². The first-order chi connectivity index (χ1) is 20.2. The molecule has 3 atom stereocenters. The van der Waals surface area contributed by atoms with Gasteiger partial charge in [-0.3, -0.25) is 4.79 Å². The van der Waals surface area contributed by atoms with Gasteiger partial charge in [0.1, 0.15) is 17.5 Å². The quantitative estimate of drug-likeness (QED) is 0.435. The zero-order chi connectivity index (χ0) is 29.5. The Morgan fingerprint density at radius 2 is 1.76 bits per heavy atom. The molecule has 2 saturated carbocycles. The van der Waals surface area contributed by atoms with Crippen molar-refractivity contribution in [2.45, 2.75) is 49.7 Å². The fraction of sp³-hybridized carbons (Fsp3) is 0.452. The van der Waals surface area contributed by atoms with Crippen LogP contribution >= 0.6 is 0 Å². The molecule has 3 aliphatic rings. The van der Waals surface area contributed by atoms with E-state index in [1.165, 1.54) is 12.1 Å². The first kappa shape index (κ1) is 28.3. The van der Waals surface area contributed by atoms with Gasteiger partial charge in [0.05, 0.1) is 17.5 Å². The third-order valence-corrected chi connectivity index (χ3v) is 11.2. The summed E-state index contributed by atoms with van der Waals surface area (Å²) in [7, 11) is -0.495. The first-order valence-corrected chi connectivity index (χ1v) is 16.3. The summed E-state index contributed by atoms with van der Waals surface area (Å²) < 4.78 is 46.8. The van der Waals surface area contributed by atoms with E-state index in [1.54, 1.807) is 23.9 Å². The number of carbonyl (C=O) groups excluding carboxylic acids is 1. The Bertz CT molecular complexity index is 1620. The Morgan fingerprint density at radius 1 is 1.10 bits per heavy atom. The van der Waals surface area contributed by atoms with E-state index in [0.29, 0.717) is 61.7 Å². The average Bonchev–Trinajstić information content (AvgIpc) is 3.65. The van der Waals surface area contributed by atoms with Crippen LogP contribution in [0.5, 0.6) is 0 Å². The Balaban J connectivity index is 1.35. The van der Waals surface area contributed by atoms with E-state index in [2.05, 4.69) is 20.6 Å². The van der Waals surface area contributed by atoms with Crippen molar-refractivity contribution in [1.82, 2.24) is 15.1 Å². The van der Waals surface area contributed by atoms with Gasteiger partial charge in [0, 0.05) is 70.7 Å². The fourth-order valence-electron chi connectivity index (χ4n) is 6.08. The van der Waals surface area contributed by atoms with Gasteiger partial charge in [0.25, 0.3) is 0 Å². The second-order valence-electron chi connectivity index (χ2n) is 11.6. The highest BCUT2D eigenvalue weighted by Crippen LogP contribution is 2.44. The van der Waals surface area contributed by atoms with Gasteiger partial charge in [-0.05, 0) is 74.1 Å². The van der Waals surface area contributed by atoms with Crippen LogP contribution in [0, 0.1) is 23.1 Å². The van der Waals surface area contributed by atoms with Gasteiger partial charge in [0.15, 0.2) is 0 Å². The maximum Gasteiger partial charge on any atom is 0.225 e. The minimum atomic E-state index is -2.12. The Labute approximate surface area is 244 Å². The van der Waals surface area contributed by atoms with Crippen LogP contribution in [-0.4, -0.2) is 63.3 Å². The molecule has 6 rings (SSSR count). The summed E-state index contributed by atoms with van der Waals surface area (Å²) in [6.07, 6.45) is 2.82. The normalized spacial score (nSPS) is 24.4. The van der Waals surface area contributed by atoms with Crippen molar-refractivity contribution in [2.24, 2.45) is 10.3 Å². The number of hydrogen-bond acceptors (Lipinski definition) is 6. The molecule has 2 aliphatic carbocycles. The fourth-order valence-corrected chi connectivity index (χ4v) is 7.66. The van der Waals surface area contributed by atoms with E-state index in [-0.39, 0.29) is 24.1 Å². The highest BCUT2D eigenvalue weighted by molar-refractivity contribution is 7.93. The van der Waals surface area contributed by atoms with Crippen LogP contribution in [0.15, 0.2) is 59.1 Å². The van der Waals surface area contributed by atoms with Crippen LogP contribution in [0.3, 0.4) is 0 Å². The van der Waals surface area contributed by atoms with E-state index in [0.717, 1.165) is 16.8 Å². The molecule has 2 heterocycles. The minimum absolute atomic E-state index is 0.0714. The van der Waals surface area contributed by atoms with Crippen molar-refractivity contribution in [2.75, 3.05) is 36.5 Å². The van der Waals surface area contributed by atoms with E-state index in [9.17, 15) is 23.0 Å². The maximum absolute atomic E-state index is 14.7. The van der Waals surface area contributed by atoms with E-state index >= 15 is 0 Å². The number of aromatic nitrogens is 2. The molecular weight excluding hydrogens is 558 g/mol. The molecule has 1 aliphatic heterocycles. The summed E-state index contributed by atoms with van der Waals surface area (Å²) in [6, 6.07) is 16.3. The van der Waals surface area contributed by atoms with Crippen molar-refractivity contribution >= 4 is 21.3 Å². The molecule has 1 N–H and O–H groups in total.